The molecule has 0 aliphatic carbocycles. The fourth-order valence-electron chi connectivity index (χ4n) is 3.39. The number of hydrogen-bond acceptors (Lipinski definition) is 4. The van der Waals surface area contributed by atoms with E-state index in [1.165, 1.54) is 11.8 Å². The first-order valence-electron chi connectivity index (χ1n) is 10.0. The molecule has 6 heteroatoms. The average molecular weight is 410 g/mol. The first-order valence-corrected chi connectivity index (χ1v) is 11.0. The van der Waals surface area contributed by atoms with Gasteiger partial charge in [0.15, 0.2) is 5.16 Å². The molecule has 29 heavy (non-hydrogen) atoms. The first-order chi connectivity index (χ1) is 14.0. The normalized spacial score (nSPS) is 11.2. The zero-order valence-electron chi connectivity index (χ0n) is 17.4. The lowest BCUT2D eigenvalue weighted by Gasteiger charge is -2.17. The number of anilines is 1. The van der Waals surface area contributed by atoms with Crippen LogP contribution in [-0.2, 0) is 17.6 Å². The van der Waals surface area contributed by atoms with Crippen LogP contribution in [0.3, 0.4) is 0 Å². The van der Waals surface area contributed by atoms with Gasteiger partial charge in [-0.3, -0.25) is 14.2 Å². The van der Waals surface area contributed by atoms with Crippen molar-refractivity contribution in [2.24, 2.45) is 0 Å². The molecule has 1 N–H and O–H groups in total. The van der Waals surface area contributed by atoms with Crippen LogP contribution in [0.2, 0.25) is 0 Å². The van der Waals surface area contributed by atoms with Gasteiger partial charge in [0.25, 0.3) is 5.56 Å². The predicted octanol–water partition coefficient (Wildman–Crippen LogP) is 4.83. The van der Waals surface area contributed by atoms with Crippen molar-refractivity contribution in [3.05, 3.63) is 63.9 Å². The number of carbonyl (C=O) groups is 1. The third kappa shape index (κ3) is 4.53. The number of rotatable bonds is 7. The van der Waals surface area contributed by atoms with Gasteiger partial charge in [-0.2, -0.15) is 0 Å². The van der Waals surface area contributed by atoms with Gasteiger partial charge in [0, 0.05) is 11.7 Å². The number of fused-ring (bicyclic) bond motifs is 1. The zero-order valence-corrected chi connectivity index (χ0v) is 18.2. The first kappa shape index (κ1) is 21.1. The predicted molar refractivity (Wildman–Crippen MR) is 121 cm³/mol. The van der Waals surface area contributed by atoms with Crippen LogP contribution in [0.1, 0.15) is 44.9 Å². The Bertz CT molecular complexity index is 1070. The van der Waals surface area contributed by atoms with Crippen molar-refractivity contribution >= 4 is 34.3 Å². The highest BCUT2D eigenvalue weighted by molar-refractivity contribution is 7.99. The van der Waals surface area contributed by atoms with E-state index in [9.17, 15) is 9.59 Å². The molecule has 152 valence electrons. The van der Waals surface area contributed by atoms with Gasteiger partial charge in [0.05, 0.1) is 16.7 Å². The minimum Gasteiger partial charge on any atom is -0.325 e. The molecule has 0 bridgehead atoms. The highest BCUT2D eigenvalue weighted by Gasteiger charge is 2.16. The van der Waals surface area contributed by atoms with Gasteiger partial charge in [-0.1, -0.05) is 55.9 Å². The summed E-state index contributed by atoms with van der Waals surface area (Å²) in [5, 5.41) is 4.24. The minimum absolute atomic E-state index is 0.0438. The molecule has 2 aromatic carbocycles. The summed E-state index contributed by atoms with van der Waals surface area (Å²) in [5.41, 5.74) is 3.76. The smallest absolute Gasteiger partial charge is 0.262 e. The molecule has 0 saturated carbocycles. The zero-order chi connectivity index (χ0) is 21.0. The number of aryl methyl sites for hydroxylation is 2. The molecule has 1 heterocycles. The van der Waals surface area contributed by atoms with Crippen molar-refractivity contribution in [3.8, 4) is 0 Å². The summed E-state index contributed by atoms with van der Waals surface area (Å²) in [7, 11) is 0. The van der Waals surface area contributed by atoms with Crippen LogP contribution in [0.4, 0.5) is 5.69 Å². The van der Waals surface area contributed by atoms with Gasteiger partial charge in [0.1, 0.15) is 0 Å². The number of nitrogens with one attached hydrogen (secondary N) is 1. The van der Waals surface area contributed by atoms with Crippen molar-refractivity contribution in [1.82, 2.24) is 9.55 Å². The quantitative estimate of drug-likeness (QED) is 0.448. The van der Waals surface area contributed by atoms with E-state index < -0.39 is 0 Å². The Labute approximate surface area is 175 Å². The summed E-state index contributed by atoms with van der Waals surface area (Å²) in [6.07, 6.45) is 1.71. The standard InChI is InChI=1S/C23H27N3O2S/c1-5-16-10-9-11-17(6-2)21(16)25-20(27)14-29-23-24-19-13-8-7-12-18(19)22(28)26(23)15(3)4/h7-13,15H,5-6,14H2,1-4H3,(H,25,27). The molecule has 3 aromatic rings. The number of para-hydroxylation sites is 2. The summed E-state index contributed by atoms with van der Waals surface area (Å²) in [4.78, 5) is 30.3. The Morgan fingerprint density at radius 1 is 1.07 bits per heavy atom. The highest BCUT2D eigenvalue weighted by Crippen LogP contribution is 2.24. The number of amides is 1. The van der Waals surface area contributed by atoms with Crippen LogP contribution in [0.5, 0.6) is 0 Å². The average Bonchev–Trinajstić information content (AvgIpc) is 2.72. The molecule has 0 fully saturated rings. The number of hydrogen-bond donors (Lipinski definition) is 1. The van der Waals surface area contributed by atoms with Crippen LogP contribution < -0.4 is 10.9 Å². The Hall–Kier alpha value is -2.60. The number of aromatic nitrogens is 2. The lowest BCUT2D eigenvalue weighted by Crippen LogP contribution is -2.26. The number of carbonyl (C=O) groups excluding carboxylic acids is 1. The fraction of sp³-hybridized carbons (Fsp3) is 0.348. The molecule has 0 saturated heterocycles. The summed E-state index contributed by atoms with van der Waals surface area (Å²) in [6.45, 7) is 8.07. The van der Waals surface area contributed by atoms with Crippen LogP contribution in [0.15, 0.2) is 52.4 Å². The molecule has 0 aliphatic heterocycles. The van der Waals surface area contributed by atoms with Crippen molar-refractivity contribution in [3.63, 3.8) is 0 Å². The third-order valence-corrected chi connectivity index (χ3v) is 5.84. The second-order valence-electron chi connectivity index (χ2n) is 7.18. The molecule has 3 rings (SSSR count). The van der Waals surface area contributed by atoms with Crippen LogP contribution in [-0.4, -0.2) is 21.2 Å². The van der Waals surface area contributed by atoms with Gasteiger partial charge in [-0.15, -0.1) is 0 Å². The van der Waals surface area contributed by atoms with Crippen LogP contribution in [0, 0.1) is 0 Å². The van der Waals surface area contributed by atoms with E-state index in [1.54, 1.807) is 10.6 Å². The number of benzene rings is 2. The lowest BCUT2D eigenvalue weighted by atomic mass is 10.0. The largest absolute Gasteiger partial charge is 0.325 e. The lowest BCUT2D eigenvalue weighted by molar-refractivity contribution is -0.113. The van der Waals surface area contributed by atoms with E-state index in [4.69, 9.17) is 0 Å². The Morgan fingerprint density at radius 3 is 2.34 bits per heavy atom. The Kier molecular flexibility index (Phi) is 6.75. The summed E-state index contributed by atoms with van der Waals surface area (Å²) in [5.74, 6) is 0.0990. The maximum Gasteiger partial charge on any atom is 0.262 e. The van der Waals surface area contributed by atoms with Crippen molar-refractivity contribution in [1.29, 1.82) is 0 Å². The van der Waals surface area contributed by atoms with Gasteiger partial charge >= 0.3 is 0 Å². The summed E-state index contributed by atoms with van der Waals surface area (Å²) < 4.78 is 1.66. The molecule has 1 aromatic heterocycles. The molecule has 0 radical (unpaired) electrons. The van der Waals surface area contributed by atoms with Crippen molar-refractivity contribution < 1.29 is 4.79 Å². The molecule has 5 nitrogen and oxygen atoms in total. The van der Waals surface area contributed by atoms with Crippen molar-refractivity contribution in [2.75, 3.05) is 11.1 Å². The Morgan fingerprint density at radius 2 is 1.72 bits per heavy atom. The molecule has 1 amide bonds. The van der Waals surface area contributed by atoms with Crippen LogP contribution in [0.25, 0.3) is 10.9 Å². The molecule has 0 atom stereocenters. The highest BCUT2D eigenvalue weighted by atomic mass is 32.2. The minimum atomic E-state index is -0.0942. The maximum atomic E-state index is 12.9. The third-order valence-electron chi connectivity index (χ3n) is 4.89. The van der Waals surface area contributed by atoms with Gasteiger partial charge < -0.3 is 5.32 Å². The van der Waals surface area contributed by atoms with Gasteiger partial charge in [-0.25, -0.2) is 4.98 Å². The maximum absolute atomic E-state index is 12.9. The molecule has 0 aliphatic rings. The molecule has 0 spiro atoms. The SMILES string of the molecule is CCc1cccc(CC)c1NC(=O)CSc1nc2ccccc2c(=O)n1C(C)C. The summed E-state index contributed by atoms with van der Waals surface area (Å²) in [6, 6.07) is 13.4. The van der Waals surface area contributed by atoms with E-state index in [0.29, 0.717) is 16.1 Å². The van der Waals surface area contributed by atoms with E-state index in [0.717, 1.165) is 29.7 Å². The fourth-order valence-corrected chi connectivity index (χ4v) is 4.32. The molecular formula is C23H27N3O2S. The van der Waals surface area contributed by atoms with Crippen molar-refractivity contribution in [2.45, 2.75) is 51.7 Å². The van der Waals surface area contributed by atoms with E-state index in [-0.39, 0.29) is 23.3 Å². The van der Waals surface area contributed by atoms with E-state index in [2.05, 4.69) is 24.1 Å². The molecular weight excluding hydrogens is 382 g/mol. The second kappa shape index (κ2) is 9.27. The molecule has 0 unspecified atom stereocenters. The monoisotopic (exact) mass is 409 g/mol. The van der Waals surface area contributed by atoms with Gasteiger partial charge in [-0.05, 0) is 49.9 Å². The Balaban J connectivity index is 1.85. The van der Waals surface area contributed by atoms with Crippen LogP contribution >= 0.6 is 11.8 Å². The topological polar surface area (TPSA) is 64.0 Å². The number of thioether (sulfide) groups is 1. The van der Waals surface area contributed by atoms with E-state index in [1.807, 2.05) is 50.2 Å². The van der Waals surface area contributed by atoms with Gasteiger partial charge in [0.2, 0.25) is 5.91 Å². The van der Waals surface area contributed by atoms with E-state index >= 15 is 0 Å². The summed E-state index contributed by atoms with van der Waals surface area (Å²) >= 11 is 1.30. The number of nitrogens with zero attached hydrogens (tertiary/aromatic N) is 2. The second-order valence-corrected chi connectivity index (χ2v) is 8.12.